The van der Waals surface area contributed by atoms with Gasteiger partial charge >= 0.3 is 0 Å². The first-order valence-electron chi connectivity index (χ1n) is 9.43. The molecule has 0 fully saturated rings. The van der Waals surface area contributed by atoms with Crippen molar-refractivity contribution in [1.29, 1.82) is 0 Å². The van der Waals surface area contributed by atoms with E-state index in [0.717, 1.165) is 11.3 Å². The molecule has 1 aromatic heterocycles. The Morgan fingerprint density at radius 3 is 2.40 bits per heavy atom. The zero-order valence-electron chi connectivity index (χ0n) is 17.0. The molecule has 0 saturated heterocycles. The molecule has 0 saturated carbocycles. The molecule has 2 aromatic carbocycles. The van der Waals surface area contributed by atoms with Crippen LogP contribution in [0.3, 0.4) is 0 Å². The average Bonchev–Trinajstić information content (AvgIpc) is 3.28. The number of nitrogens with one attached hydrogen (secondary N) is 1. The van der Waals surface area contributed by atoms with Gasteiger partial charge in [0.15, 0.2) is 6.61 Å². The summed E-state index contributed by atoms with van der Waals surface area (Å²) >= 11 is 1.17. The van der Waals surface area contributed by atoms with Crippen LogP contribution >= 0.6 is 11.3 Å². The van der Waals surface area contributed by atoms with Gasteiger partial charge in [0.1, 0.15) is 9.96 Å². The second kappa shape index (κ2) is 9.32. The molecule has 3 aromatic rings. The van der Waals surface area contributed by atoms with Gasteiger partial charge in [0.05, 0.1) is 5.69 Å². The Balaban J connectivity index is 1.61. The number of carbonyl (C=O) groups excluding carboxylic acids is 1. The van der Waals surface area contributed by atoms with Crippen molar-refractivity contribution in [3.05, 3.63) is 71.6 Å². The molecular weight excluding hydrogens is 420 g/mol. The smallest absolute Gasteiger partial charge is 0.273 e. The topological polar surface area (TPSA) is 75.7 Å². The SMILES string of the molecule is CC(C)c1ccccc1NC(=O)COc1ccc(N(C)S(=O)(=O)c2cccs2)cc1. The molecule has 0 bridgehead atoms. The standard InChI is InChI=1S/C22H24N2O4S2/c1-16(2)19-7-4-5-8-20(19)23-21(25)15-28-18-12-10-17(11-13-18)24(3)30(26,27)22-9-6-14-29-22/h4-14,16H,15H2,1-3H3,(H,23,25). The molecule has 0 spiro atoms. The minimum atomic E-state index is -3.59. The van der Waals surface area contributed by atoms with Crippen molar-refractivity contribution >= 4 is 38.6 Å². The van der Waals surface area contributed by atoms with E-state index in [4.69, 9.17) is 4.74 Å². The predicted octanol–water partition coefficient (Wildman–Crippen LogP) is 4.71. The molecule has 6 nitrogen and oxygen atoms in total. The fourth-order valence-electron chi connectivity index (χ4n) is 2.89. The third-order valence-corrected chi connectivity index (χ3v) is 7.70. The maximum atomic E-state index is 12.6. The third kappa shape index (κ3) is 5.01. The Kier molecular flexibility index (Phi) is 6.79. The lowest BCUT2D eigenvalue weighted by Crippen LogP contribution is -2.25. The van der Waals surface area contributed by atoms with Crippen molar-refractivity contribution in [3.63, 3.8) is 0 Å². The monoisotopic (exact) mass is 444 g/mol. The van der Waals surface area contributed by atoms with Gasteiger partial charge in [-0.3, -0.25) is 9.10 Å². The maximum absolute atomic E-state index is 12.6. The molecular formula is C22H24N2O4S2. The molecule has 0 aliphatic rings. The number of carbonyl (C=O) groups is 1. The van der Waals surface area contributed by atoms with Crippen molar-refractivity contribution in [2.45, 2.75) is 24.0 Å². The number of sulfonamides is 1. The van der Waals surface area contributed by atoms with Gasteiger partial charge in [-0.1, -0.05) is 38.1 Å². The van der Waals surface area contributed by atoms with Crippen LogP contribution in [0.5, 0.6) is 5.75 Å². The molecule has 1 amide bonds. The quantitative estimate of drug-likeness (QED) is 0.546. The van der Waals surface area contributed by atoms with Gasteiger partial charge in [0.25, 0.3) is 15.9 Å². The summed E-state index contributed by atoms with van der Waals surface area (Å²) in [6.45, 7) is 3.99. The first-order valence-corrected chi connectivity index (χ1v) is 11.7. The van der Waals surface area contributed by atoms with Crippen LogP contribution in [0.1, 0.15) is 25.3 Å². The number of ether oxygens (including phenoxy) is 1. The molecule has 0 aliphatic carbocycles. The highest BCUT2D eigenvalue weighted by molar-refractivity contribution is 7.94. The Morgan fingerprint density at radius 1 is 1.07 bits per heavy atom. The van der Waals surface area contributed by atoms with Crippen LogP contribution in [-0.2, 0) is 14.8 Å². The highest BCUT2D eigenvalue weighted by Crippen LogP contribution is 2.27. The largest absolute Gasteiger partial charge is 0.484 e. The number of amides is 1. The summed E-state index contributed by atoms with van der Waals surface area (Å²) in [5.41, 5.74) is 2.34. The second-order valence-corrected chi connectivity index (χ2v) is 10.1. The Morgan fingerprint density at radius 2 is 1.77 bits per heavy atom. The van der Waals surface area contributed by atoms with Crippen LogP contribution in [0.15, 0.2) is 70.3 Å². The van der Waals surface area contributed by atoms with Gasteiger partial charge < -0.3 is 10.1 Å². The van der Waals surface area contributed by atoms with Gasteiger partial charge in [-0.05, 0) is 53.3 Å². The number of rotatable bonds is 8. The van der Waals surface area contributed by atoms with Crippen LogP contribution in [0.4, 0.5) is 11.4 Å². The molecule has 0 aliphatic heterocycles. The second-order valence-electron chi connectivity index (χ2n) is 6.98. The zero-order chi connectivity index (χ0) is 21.7. The van der Waals surface area contributed by atoms with E-state index >= 15 is 0 Å². The van der Waals surface area contributed by atoms with Gasteiger partial charge in [0, 0.05) is 12.7 Å². The van der Waals surface area contributed by atoms with Gasteiger partial charge in [-0.2, -0.15) is 0 Å². The van der Waals surface area contributed by atoms with Gasteiger partial charge in [-0.25, -0.2) is 8.42 Å². The lowest BCUT2D eigenvalue weighted by molar-refractivity contribution is -0.118. The minimum Gasteiger partial charge on any atom is -0.484 e. The van der Waals surface area contributed by atoms with Crippen LogP contribution < -0.4 is 14.4 Å². The van der Waals surface area contributed by atoms with Crippen LogP contribution in [0, 0.1) is 0 Å². The first kappa shape index (κ1) is 21.9. The van der Waals surface area contributed by atoms with Crippen LogP contribution in [-0.4, -0.2) is 28.0 Å². The average molecular weight is 445 g/mol. The molecule has 0 atom stereocenters. The molecule has 1 heterocycles. The molecule has 1 N–H and O–H groups in total. The zero-order valence-corrected chi connectivity index (χ0v) is 18.7. The van der Waals surface area contributed by atoms with E-state index in [9.17, 15) is 13.2 Å². The van der Waals surface area contributed by atoms with E-state index in [1.165, 1.54) is 22.7 Å². The fraction of sp³-hybridized carbons (Fsp3) is 0.227. The van der Waals surface area contributed by atoms with E-state index in [0.29, 0.717) is 11.4 Å². The molecule has 3 rings (SSSR count). The van der Waals surface area contributed by atoms with Gasteiger partial charge in [-0.15, -0.1) is 11.3 Å². The number of hydrogen-bond donors (Lipinski definition) is 1. The lowest BCUT2D eigenvalue weighted by atomic mass is 10.0. The van der Waals surface area contributed by atoms with Crippen molar-refractivity contribution in [2.24, 2.45) is 0 Å². The van der Waals surface area contributed by atoms with Crippen molar-refractivity contribution in [3.8, 4) is 5.75 Å². The van der Waals surface area contributed by atoms with E-state index in [-0.39, 0.29) is 22.6 Å². The lowest BCUT2D eigenvalue weighted by Gasteiger charge is -2.18. The van der Waals surface area contributed by atoms with Crippen LogP contribution in [0.25, 0.3) is 0 Å². The Hall–Kier alpha value is -2.84. The summed E-state index contributed by atoms with van der Waals surface area (Å²) in [4.78, 5) is 12.3. The molecule has 158 valence electrons. The van der Waals surface area contributed by atoms with Crippen molar-refractivity contribution in [1.82, 2.24) is 0 Å². The third-order valence-electron chi connectivity index (χ3n) is 4.54. The van der Waals surface area contributed by atoms with Crippen molar-refractivity contribution in [2.75, 3.05) is 23.3 Å². The number of para-hydroxylation sites is 1. The number of benzene rings is 2. The molecule has 0 unspecified atom stereocenters. The summed E-state index contributed by atoms with van der Waals surface area (Å²) in [7, 11) is -2.08. The highest BCUT2D eigenvalue weighted by atomic mass is 32.2. The predicted molar refractivity (Wildman–Crippen MR) is 121 cm³/mol. The Labute approximate surface area is 181 Å². The van der Waals surface area contributed by atoms with E-state index in [1.807, 2.05) is 24.3 Å². The Bertz CT molecular complexity index is 1090. The highest BCUT2D eigenvalue weighted by Gasteiger charge is 2.22. The summed E-state index contributed by atoms with van der Waals surface area (Å²) in [6, 6.07) is 17.5. The molecule has 0 radical (unpaired) electrons. The van der Waals surface area contributed by atoms with E-state index in [1.54, 1.807) is 41.8 Å². The van der Waals surface area contributed by atoms with E-state index < -0.39 is 10.0 Å². The summed E-state index contributed by atoms with van der Waals surface area (Å²) < 4.78 is 32.2. The maximum Gasteiger partial charge on any atom is 0.273 e. The van der Waals surface area contributed by atoms with Gasteiger partial charge in [0.2, 0.25) is 0 Å². The fourth-order valence-corrected chi connectivity index (χ4v) is 5.24. The number of nitrogens with zero attached hydrogens (tertiary/aromatic N) is 1. The number of anilines is 2. The van der Waals surface area contributed by atoms with E-state index in [2.05, 4.69) is 19.2 Å². The summed E-state index contributed by atoms with van der Waals surface area (Å²) in [5.74, 6) is 0.509. The molecule has 30 heavy (non-hydrogen) atoms. The number of hydrogen-bond acceptors (Lipinski definition) is 5. The summed E-state index contributed by atoms with van der Waals surface area (Å²) in [5, 5.41) is 4.60. The normalized spacial score (nSPS) is 11.3. The summed E-state index contributed by atoms with van der Waals surface area (Å²) in [6.07, 6.45) is 0. The van der Waals surface area contributed by atoms with Crippen LogP contribution in [0.2, 0.25) is 0 Å². The number of thiophene rings is 1. The minimum absolute atomic E-state index is 0.144. The first-order chi connectivity index (χ1) is 14.3. The molecule has 8 heteroatoms. The van der Waals surface area contributed by atoms with Crippen molar-refractivity contribution < 1.29 is 17.9 Å².